The van der Waals surface area contributed by atoms with Gasteiger partial charge >= 0.3 is 0 Å². The molecule has 16 heavy (non-hydrogen) atoms. The van der Waals surface area contributed by atoms with Gasteiger partial charge in [0.15, 0.2) is 11.5 Å². The number of nitriles is 1. The molecule has 1 aliphatic rings. The van der Waals surface area contributed by atoms with Crippen LogP contribution in [0.5, 0.6) is 0 Å². The van der Waals surface area contributed by atoms with Gasteiger partial charge in [-0.1, -0.05) is 0 Å². The highest BCUT2D eigenvalue weighted by atomic mass is 32.2. The summed E-state index contributed by atoms with van der Waals surface area (Å²) in [6.45, 7) is 3.09. The highest BCUT2D eigenvalue weighted by Crippen LogP contribution is 2.37. The molecule has 0 spiro atoms. The standard InChI is InChI=1S/C11H14N4S/c1-11(3-2-6-16-11)8-15-10-9(7-12)13-4-5-14-10/h4-5H,2-3,6,8H2,1H3,(H,14,15). The monoisotopic (exact) mass is 234 g/mol. The topological polar surface area (TPSA) is 61.6 Å². The fourth-order valence-corrected chi connectivity index (χ4v) is 3.04. The van der Waals surface area contributed by atoms with Crippen LogP contribution in [0.2, 0.25) is 0 Å². The molecule has 1 aliphatic heterocycles. The summed E-state index contributed by atoms with van der Waals surface area (Å²) >= 11 is 1.98. The largest absolute Gasteiger partial charge is 0.366 e. The molecule has 1 fully saturated rings. The van der Waals surface area contributed by atoms with Crippen LogP contribution in [0.3, 0.4) is 0 Å². The predicted octanol–water partition coefficient (Wildman–Crippen LogP) is 2.05. The second-order valence-corrected chi connectivity index (χ2v) is 5.80. The van der Waals surface area contributed by atoms with Gasteiger partial charge in [0.05, 0.1) is 0 Å². The van der Waals surface area contributed by atoms with Crippen LogP contribution in [0.25, 0.3) is 0 Å². The zero-order valence-electron chi connectivity index (χ0n) is 9.23. The Bertz CT molecular complexity index is 407. The second kappa shape index (κ2) is 4.71. The highest BCUT2D eigenvalue weighted by Gasteiger charge is 2.29. The third kappa shape index (κ3) is 2.45. The third-order valence-corrected chi connectivity index (χ3v) is 4.27. The summed E-state index contributed by atoms with van der Waals surface area (Å²) in [4.78, 5) is 8.11. The highest BCUT2D eigenvalue weighted by molar-refractivity contribution is 8.00. The summed E-state index contributed by atoms with van der Waals surface area (Å²) in [5.41, 5.74) is 0.370. The second-order valence-electron chi connectivity index (χ2n) is 4.12. The molecule has 4 nitrogen and oxygen atoms in total. The lowest BCUT2D eigenvalue weighted by Crippen LogP contribution is -2.27. The van der Waals surface area contributed by atoms with Crippen LogP contribution >= 0.6 is 11.8 Å². The van der Waals surface area contributed by atoms with Crippen LogP contribution in [-0.4, -0.2) is 27.0 Å². The van der Waals surface area contributed by atoms with E-state index in [1.165, 1.54) is 24.8 Å². The van der Waals surface area contributed by atoms with Crippen molar-refractivity contribution in [1.29, 1.82) is 5.26 Å². The van der Waals surface area contributed by atoms with Crippen molar-refractivity contribution in [1.82, 2.24) is 9.97 Å². The molecule has 1 aromatic heterocycles. The summed E-state index contributed by atoms with van der Waals surface area (Å²) in [5.74, 6) is 1.82. The van der Waals surface area contributed by atoms with Crippen molar-refractivity contribution in [2.75, 3.05) is 17.6 Å². The molecule has 84 valence electrons. The molecule has 5 heteroatoms. The minimum Gasteiger partial charge on any atom is -0.366 e. The summed E-state index contributed by atoms with van der Waals surface area (Å²) in [7, 11) is 0. The van der Waals surface area contributed by atoms with E-state index < -0.39 is 0 Å². The Balaban J connectivity index is 2.02. The molecular weight excluding hydrogens is 220 g/mol. The van der Waals surface area contributed by atoms with E-state index in [-0.39, 0.29) is 4.75 Å². The van der Waals surface area contributed by atoms with Crippen molar-refractivity contribution in [2.45, 2.75) is 24.5 Å². The van der Waals surface area contributed by atoms with Crippen LogP contribution in [0.4, 0.5) is 5.82 Å². The molecule has 0 radical (unpaired) electrons. The Labute approximate surface area is 99.5 Å². The summed E-state index contributed by atoms with van der Waals surface area (Å²) < 4.78 is 0.268. The van der Waals surface area contributed by atoms with Crippen LogP contribution in [0, 0.1) is 11.3 Å². The molecule has 2 rings (SSSR count). The quantitative estimate of drug-likeness (QED) is 0.867. The van der Waals surface area contributed by atoms with Crippen molar-refractivity contribution in [3.05, 3.63) is 18.1 Å². The van der Waals surface area contributed by atoms with Gasteiger partial charge in [-0.15, -0.1) is 0 Å². The summed E-state index contributed by atoms with van der Waals surface area (Å²) in [6.07, 6.45) is 5.63. The number of aromatic nitrogens is 2. The maximum atomic E-state index is 8.88. The predicted molar refractivity (Wildman–Crippen MR) is 65.3 cm³/mol. The SMILES string of the molecule is CC1(CNc2nccnc2C#N)CCCS1. The fourth-order valence-electron chi connectivity index (χ4n) is 1.80. The van der Waals surface area contributed by atoms with Crippen molar-refractivity contribution in [3.8, 4) is 6.07 Å². The number of thioether (sulfide) groups is 1. The van der Waals surface area contributed by atoms with Gasteiger partial charge in [-0.3, -0.25) is 0 Å². The molecule has 1 N–H and O–H groups in total. The number of hydrogen-bond acceptors (Lipinski definition) is 5. The molecule has 0 aromatic carbocycles. The normalized spacial score (nSPS) is 24.0. The lowest BCUT2D eigenvalue weighted by molar-refractivity contribution is 0.633. The van der Waals surface area contributed by atoms with Crippen molar-refractivity contribution < 1.29 is 0 Å². The van der Waals surface area contributed by atoms with E-state index in [9.17, 15) is 0 Å². The van der Waals surface area contributed by atoms with Gasteiger partial charge in [0.25, 0.3) is 0 Å². The maximum Gasteiger partial charge on any atom is 0.182 e. The zero-order valence-corrected chi connectivity index (χ0v) is 10.0. The number of rotatable bonds is 3. The van der Waals surface area contributed by atoms with Gasteiger partial charge in [0.1, 0.15) is 6.07 Å². The Hall–Kier alpha value is -1.28. The Morgan fingerprint density at radius 2 is 2.38 bits per heavy atom. The maximum absolute atomic E-state index is 8.88. The minimum atomic E-state index is 0.268. The van der Waals surface area contributed by atoms with Gasteiger partial charge in [-0.25, -0.2) is 9.97 Å². The lowest BCUT2D eigenvalue weighted by Gasteiger charge is -2.23. The number of anilines is 1. The molecule has 0 aliphatic carbocycles. The first kappa shape index (κ1) is 11.2. The first-order valence-corrected chi connectivity index (χ1v) is 6.31. The smallest absolute Gasteiger partial charge is 0.182 e. The van der Waals surface area contributed by atoms with Crippen molar-refractivity contribution >= 4 is 17.6 Å². The van der Waals surface area contributed by atoms with Crippen LogP contribution in [0.1, 0.15) is 25.5 Å². The van der Waals surface area contributed by atoms with Crippen molar-refractivity contribution in [3.63, 3.8) is 0 Å². The molecule has 2 heterocycles. The molecule has 0 bridgehead atoms. The number of hydrogen-bond donors (Lipinski definition) is 1. The first-order chi connectivity index (χ1) is 7.73. The van der Waals surface area contributed by atoms with E-state index in [1.54, 1.807) is 6.20 Å². The number of nitrogens with zero attached hydrogens (tertiary/aromatic N) is 3. The van der Waals surface area contributed by atoms with E-state index >= 15 is 0 Å². The van der Waals surface area contributed by atoms with Crippen molar-refractivity contribution in [2.24, 2.45) is 0 Å². The van der Waals surface area contributed by atoms with Crippen LogP contribution < -0.4 is 5.32 Å². The van der Waals surface area contributed by atoms with Gasteiger partial charge in [0.2, 0.25) is 0 Å². The molecule has 1 unspecified atom stereocenters. The van der Waals surface area contributed by atoms with E-state index in [2.05, 4.69) is 22.2 Å². The average Bonchev–Trinajstić information content (AvgIpc) is 2.74. The minimum absolute atomic E-state index is 0.268. The van der Waals surface area contributed by atoms with E-state index in [4.69, 9.17) is 5.26 Å². The Morgan fingerprint density at radius 1 is 1.56 bits per heavy atom. The van der Waals surface area contributed by atoms with Gasteiger partial charge in [0, 0.05) is 23.7 Å². The molecule has 1 atom stereocenters. The molecular formula is C11H14N4S. The average molecular weight is 234 g/mol. The summed E-state index contributed by atoms with van der Waals surface area (Å²) in [5, 5.41) is 12.1. The van der Waals surface area contributed by atoms with Gasteiger partial charge in [-0.05, 0) is 25.5 Å². The van der Waals surface area contributed by atoms with Crippen LogP contribution in [0.15, 0.2) is 12.4 Å². The zero-order chi connectivity index (χ0) is 11.4. The lowest BCUT2D eigenvalue weighted by atomic mass is 10.1. The molecule has 1 saturated heterocycles. The van der Waals surface area contributed by atoms with Crippen LogP contribution in [-0.2, 0) is 0 Å². The van der Waals surface area contributed by atoms with Gasteiger partial charge < -0.3 is 5.32 Å². The van der Waals surface area contributed by atoms with Gasteiger partial charge in [-0.2, -0.15) is 17.0 Å². The molecule has 0 amide bonds. The summed E-state index contributed by atoms with van der Waals surface area (Å²) in [6, 6.07) is 2.04. The molecule has 1 aromatic rings. The number of nitrogens with one attached hydrogen (secondary N) is 1. The van der Waals surface area contributed by atoms with E-state index in [1.807, 2.05) is 17.8 Å². The Morgan fingerprint density at radius 3 is 3.06 bits per heavy atom. The fraction of sp³-hybridized carbons (Fsp3) is 0.545. The van der Waals surface area contributed by atoms with E-state index in [0.29, 0.717) is 11.5 Å². The first-order valence-electron chi connectivity index (χ1n) is 5.32. The van der Waals surface area contributed by atoms with E-state index in [0.717, 1.165) is 6.54 Å². The Kier molecular flexibility index (Phi) is 3.30. The third-order valence-electron chi connectivity index (χ3n) is 2.73. The molecule has 0 saturated carbocycles.